The fourth-order valence-electron chi connectivity index (χ4n) is 2.66. The van der Waals surface area contributed by atoms with Crippen LogP contribution in [0.3, 0.4) is 0 Å². The minimum absolute atomic E-state index is 0.225. The van der Waals surface area contributed by atoms with Gasteiger partial charge in [0.15, 0.2) is 5.78 Å². The maximum absolute atomic E-state index is 12.2. The molecule has 1 aromatic carbocycles. The molecule has 0 bridgehead atoms. The highest BCUT2D eigenvalue weighted by Crippen LogP contribution is 2.25. The summed E-state index contributed by atoms with van der Waals surface area (Å²) in [6.07, 6.45) is 6.42. The van der Waals surface area contributed by atoms with E-state index in [4.69, 9.17) is 5.73 Å². The van der Waals surface area contributed by atoms with E-state index in [1.165, 1.54) is 19.3 Å². The van der Waals surface area contributed by atoms with Gasteiger partial charge in [0.1, 0.15) is 0 Å². The maximum atomic E-state index is 12.2. The average molecular weight is 231 g/mol. The van der Waals surface area contributed by atoms with Crippen LogP contribution in [0.1, 0.15) is 37.7 Å². The second kappa shape index (κ2) is 5.97. The number of nitrogens with two attached hydrogens (primary N) is 1. The lowest BCUT2D eigenvalue weighted by Crippen LogP contribution is -2.38. The first-order valence-electron chi connectivity index (χ1n) is 6.60. The lowest BCUT2D eigenvalue weighted by Gasteiger charge is -2.23. The number of hydrogen-bond acceptors (Lipinski definition) is 2. The molecule has 1 atom stereocenters. The largest absolute Gasteiger partial charge is 0.321 e. The van der Waals surface area contributed by atoms with Gasteiger partial charge in [-0.25, -0.2) is 0 Å². The minimum Gasteiger partial charge on any atom is -0.321 e. The van der Waals surface area contributed by atoms with E-state index in [1.54, 1.807) is 0 Å². The molecule has 0 spiro atoms. The lowest BCUT2D eigenvalue weighted by molar-refractivity contribution is -0.125. The highest BCUT2D eigenvalue weighted by molar-refractivity contribution is 5.86. The molecule has 1 fully saturated rings. The van der Waals surface area contributed by atoms with E-state index in [0.717, 1.165) is 18.4 Å². The molecule has 1 aromatic rings. The molecule has 0 aliphatic heterocycles. The zero-order chi connectivity index (χ0) is 12.1. The van der Waals surface area contributed by atoms with Crippen LogP contribution in [0, 0.1) is 5.92 Å². The van der Waals surface area contributed by atoms with E-state index in [1.807, 2.05) is 30.3 Å². The summed E-state index contributed by atoms with van der Waals surface area (Å²) in [6.45, 7) is 0. The molecule has 1 saturated carbocycles. The third kappa shape index (κ3) is 3.40. The first-order valence-corrected chi connectivity index (χ1v) is 6.60. The van der Waals surface area contributed by atoms with Gasteiger partial charge in [0.25, 0.3) is 0 Å². The zero-order valence-corrected chi connectivity index (χ0v) is 10.3. The zero-order valence-electron chi connectivity index (χ0n) is 10.3. The number of carbonyl (C=O) groups excluding carboxylic acids is 1. The van der Waals surface area contributed by atoms with Gasteiger partial charge in [-0.1, -0.05) is 49.6 Å². The Balaban J connectivity index is 1.90. The molecular weight excluding hydrogens is 210 g/mol. The van der Waals surface area contributed by atoms with E-state index < -0.39 is 0 Å². The Kier molecular flexibility index (Phi) is 4.32. The van der Waals surface area contributed by atoms with Crippen molar-refractivity contribution in [3.63, 3.8) is 0 Å². The quantitative estimate of drug-likeness (QED) is 0.865. The number of ketones is 1. The van der Waals surface area contributed by atoms with Crippen molar-refractivity contribution in [1.82, 2.24) is 0 Å². The summed E-state index contributed by atoms with van der Waals surface area (Å²) in [5, 5.41) is 0. The Labute approximate surface area is 103 Å². The summed E-state index contributed by atoms with van der Waals surface area (Å²) in [5.74, 6) is 0.496. The number of benzene rings is 1. The molecule has 2 heteroatoms. The molecule has 0 saturated heterocycles. The van der Waals surface area contributed by atoms with Crippen LogP contribution < -0.4 is 5.73 Å². The topological polar surface area (TPSA) is 43.1 Å². The smallest absolute Gasteiger partial charge is 0.152 e. The Hall–Kier alpha value is -1.15. The van der Waals surface area contributed by atoms with E-state index in [2.05, 4.69) is 0 Å². The molecule has 2 rings (SSSR count). The van der Waals surface area contributed by atoms with E-state index in [-0.39, 0.29) is 17.7 Å². The van der Waals surface area contributed by atoms with Gasteiger partial charge in [-0.05, 0) is 24.8 Å². The maximum Gasteiger partial charge on any atom is 0.152 e. The summed E-state index contributed by atoms with van der Waals surface area (Å²) in [4.78, 5) is 12.2. The standard InChI is InChI=1S/C15H21NO/c16-14(11-12-7-3-1-4-8-12)15(17)13-9-5-2-6-10-13/h1,3-4,7-8,13-14H,2,5-6,9-11,16H2. The van der Waals surface area contributed by atoms with Crippen LogP contribution >= 0.6 is 0 Å². The first-order chi connectivity index (χ1) is 8.27. The van der Waals surface area contributed by atoms with Crippen LogP contribution in [0.2, 0.25) is 0 Å². The van der Waals surface area contributed by atoms with Crippen LogP contribution in [0.5, 0.6) is 0 Å². The fraction of sp³-hybridized carbons (Fsp3) is 0.533. The minimum atomic E-state index is -0.319. The van der Waals surface area contributed by atoms with Gasteiger partial charge < -0.3 is 5.73 Å². The number of carbonyl (C=O) groups is 1. The van der Waals surface area contributed by atoms with E-state index in [0.29, 0.717) is 6.42 Å². The summed E-state index contributed by atoms with van der Waals surface area (Å²) >= 11 is 0. The van der Waals surface area contributed by atoms with Crippen LogP contribution in [0.4, 0.5) is 0 Å². The molecule has 2 nitrogen and oxygen atoms in total. The summed E-state index contributed by atoms with van der Waals surface area (Å²) in [7, 11) is 0. The van der Waals surface area contributed by atoms with Gasteiger partial charge in [-0.2, -0.15) is 0 Å². The third-order valence-electron chi connectivity index (χ3n) is 3.67. The summed E-state index contributed by atoms with van der Waals surface area (Å²) in [6, 6.07) is 9.72. The van der Waals surface area contributed by atoms with Crippen LogP contribution in [0.15, 0.2) is 30.3 Å². The normalized spacial score (nSPS) is 18.9. The molecule has 2 N–H and O–H groups in total. The molecule has 92 valence electrons. The van der Waals surface area contributed by atoms with Gasteiger partial charge >= 0.3 is 0 Å². The Morgan fingerprint density at radius 2 is 1.82 bits per heavy atom. The Morgan fingerprint density at radius 1 is 1.18 bits per heavy atom. The Morgan fingerprint density at radius 3 is 2.47 bits per heavy atom. The van der Waals surface area contributed by atoms with Gasteiger partial charge in [0, 0.05) is 5.92 Å². The van der Waals surface area contributed by atoms with Crippen molar-refractivity contribution < 1.29 is 4.79 Å². The predicted molar refractivity (Wildman–Crippen MR) is 69.7 cm³/mol. The van der Waals surface area contributed by atoms with Crippen molar-refractivity contribution >= 4 is 5.78 Å². The van der Waals surface area contributed by atoms with Gasteiger partial charge in [-0.15, -0.1) is 0 Å². The van der Waals surface area contributed by atoms with Gasteiger partial charge in [0.05, 0.1) is 6.04 Å². The molecule has 1 aliphatic rings. The van der Waals surface area contributed by atoms with Crippen LogP contribution in [-0.4, -0.2) is 11.8 Å². The first kappa shape index (κ1) is 12.3. The molecule has 0 heterocycles. The highest BCUT2D eigenvalue weighted by Gasteiger charge is 2.25. The van der Waals surface area contributed by atoms with E-state index >= 15 is 0 Å². The molecule has 0 radical (unpaired) electrons. The monoisotopic (exact) mass is 231 g/mol. The Bertz CT molecular complexity index is 354. The highest BCUT2D eigenvalue weighted by atomic mass is 16.1. The van der Waals surface area contributed by atoms with Crippen molar-refractivity contribution in [2.24, 2.45) is 11.7 Å². The number of hydrogen-bond donors (Lipinski definition) is 1. The van der Waals surface area contributed by atoms with Crippen molar-refractivity contribution in [3.8, 4) is 0 Å². The molecule has 0 amide bonds. The van der Waals surface area contributed by atoms with Gasteiger partial charge in [-0.3, -0.25) is 4.79 Å². The molecule has 0 aromatic heterocycles. The molecular formula is C15H21NO. The number of rotatable bonds is 4. The van der Waals surface area contributed by atoms with Gasteiger partial charge in [0.2, 0.25) is 0 Å². The second-order valence-corrected chi connectivity index (χ2v) is 5.03. The average Bonchev–Trinajstić information content (AvgIpc) is 2.40. The number of Topliss-reactive ketones (excluding diaryl/α,β-unsaturated/α-hetero) is 1. The van der Waals surface area contributed by atoms with Crippen molar-refractivity contribution in [2.45, 2.75) is 44.6 Å². The fourth-order valence-corrected chi connectivity index (χ4v) is 2.66. The lowest BCUT2D eigenvalue weighted by atomic mass is 9.83. The SMILES string of the molecule is NC(Cc1ccccc1)C(=O)C1CCCCC1. The summed E-state index contributed by atoms with van der Waals surface area (Å²) < 4.78 is 0. The third-order valence-corrected chi connectivity index (χ3v) is 3.67. The predicted octanol–water partition coefficient (Wildman–Crippen LogP) is 2.71. The van der Waals surface area contributed by atoms with E-state index in [9.17, 15) is 4.79 Å². The van der Waals surface area contributed by atoms with Crippen molar-refractivity contribution in [2.75, 3.05) is 0 Å². The van der Waals surface area contributed by atoms with Crippen molar-refractivity contribution in [3.05, 3.63) is 35.9 Å². The molecule has 1 unspecified atom stereocenters. The molecule has 1 aliphatic carbocycles. The molecule has 17 heavy (non-hydrogen) atoms. The van der Waals surface area contributed by atoms with Crippen LogP contribution in [-0.2, 0) is 11.2 Å². The summed E-state index contributed by atoms with van der Waals surface area (Å²) in [5.41, 5.74) is 7.19. The second-order valence-electron chi connectivity index (χ2n) is 5.03. The van der Waals surface area contributed by atoms with Crippen LogP contribution in [0.25, 0.3) is 0 Å². The van der Waals surface area contributed by atoms with Crippen molar-refractivity contribution in [1.29, 1.82) is 0 Å².